The van der Waals surface area contributed by atoms with Gasteiger partial charge in [0.05, 0.1) is 16.1 Å². The molecule has 3 nitrogen and oxygen atoms in total. The Morgan fingerprint density at radius 1 is 1.25 bits per heavy atom. The summed E-state index contributed by atoms with van der Waals surface area (Å²) in [7, 11) is 1.63. The number of ether oxygens (including phenoxy) is 2. The average Bonchev–Trinajstić information content (AvgIpc) is 2.29. The Hall–Kier alpha value is -0.260. The van der Waals surface area contributed by atoms with Crippen LogP contribution in [0.5, 0.6) is 11.5 Å². The number of hydrogen-bond donors (Lipinski definition) is 1. The first-order valence-electron chi connectivity index (χ1n) is 5.02. The SMILES string of the molecule is CCC(CN)Oc1cc(Br)c(OC)cc1Br. The topological polar surface area (TPSA) is 44.5 Å². The Bertz CT molecular complexity index is 354. The maximum atomic E-state index is 5.77. The molecule has 0 fully saturated rings. The van der Waals surface area contributed by atoms with Crippen LogP contribution in [0, 0.1) is 0 Å². The second kappa shape index (κ2) is 6.47. The van der Waals surface area contributed by atoms with Crippen molar-refractivity contribution >= 4 is 31.9 Å². The molecule has 0 spiro atoms. The van der Waals surface area contributed by atoms with Crippen LogP contribution in [-0.2, 0) is 0 Å². The van der Waals surface area contributed by atoms with E-state index in [9.17, 15) is 0 Å². The molecule has 0 saturated carbocycles. The fraction of sp³-hybridized carbons (Fsp3) is 0.455. The second-order valence-electron chi connectivity index (χ2n) is 3.30. The Balaban J connectivity index is 2.92. The van der Waals surface area contributed by atoms with Crippen LogP contribution in [0.15, 0.2) is 21.1 Å². The van der Waals surface area contributed by atoms with Crippen molar-refractivity contribution < 1.29 is 9.47 Å². The predicted molar refractivity (Wildman–Crippen MR) is 72.2 cm³/mol. The first-order valence-corrected chi connectivity index (χ1v) is 6.60. The third kappa shape index (κ3) is 3.37. The molecule has 0 aliphatic carbocycles. The molecule has 0 aliphatic heterocycles. The molecule has 0 aliphatic rings. The highest BCUT2D eigenvalue weighted by molar-refractivity contribution is 9.11. The summed E-state index contributed by atoms with van der Waals surface area (Å²) in [6.45, 7) is 2.55. The molecule has 1 rings (SSSR count). The number of rotatable bonds is 5. The van der Waals surface area contributed by atoms with Gasteiger partial charge in [0, 0.05) is 6.54 Å². The van der Waals surface area contributed by atoms with Gasteiger partial charge in [0.25, 0.3) is 0 Å². The highest BCUT2D eigenvalue weighted by Crippen LogP contribution is 2.36. The minimum atomic E-state index is 0.0385. The molecule has 0 heterocycles. The summed E-state index contributed by atoms with van der Waals surface area (Å²) in [4.78, 5) is 0. The normalized spacial score (nSPS) is 12.3. The van der Waals surface area contributed by atoms with Gasteiger partial charge in [-0.3, -0.25) is 0 Å². The molecule has 0 aromatic heterocycles. The highest BCUT2D eigenvalue weighted by atomic mass is 79.9. The van der Waals surface area contributed by atoms with Crippen molar-refractivity contribution in [2.24, 2.45) is 5.73 Å². The van der Waals surface area contributed by atoms with Gasteiger partial charge in [0.15, 0.2) is 0 Å². The lowest BCUT2D eigenvalue weighted by Gasteiger charge is -2.17. The van der Waals surface area contributed by atoms with E-state index >= 15 is 0 Å². The lowest BCUT2D eigenvalue weighted by Crippen LogP contribution is -2.25. The van der Waals surface area contributed by atoms with Gasteiger partial charge in [-0.05, 0) is 50.4 Å². The fourth-order valence-corrected chi connectivity index (χ4v) is 2.13. The Morgan fingerprint density at radius 2 is 1.81 bits per heavy atom. The van der Waals surface area contributed by atoms with E-state index in [0.29, 0.717) is 6.54 Å². The zero-order valence-corrected chi connectivity index (χ0v) is 12.5. The van der Waals surface area contributed by atoms with Crippen LogP contribution in [0.3, 0.4) is 0 Å². The van der Waals surface area contributed by atoms with Gasteiger partial charge in [-0.1, -0.05) is 6.92 Å². The second-order valence-corrected chi connectivity index (χ2v) is 5.01. The molecule has 90 valence electrons. The molecule has 0 radical (unpaired) electrons. The molecule has 0 amide bonds. The third-order valence-corrected chi connectivity index (χ3v) is 3.46. The van der Waals surface area contributed by atoms with E-state index in [1.54, 1.807) is 7.11 Å². The van der Waals surface area contributed by atoms with Crippen molar-refractivity contribution in [2.45, 2.75) is 19.4 Å². The Morgan fingerprint density at radius 3 is 2.31 bits per heavy atom. The maximum Gasteiger partial charge on any atom is 0.135 e. The van der Waals surface area contributed by atoms with E-state index in [-0.39, 0.29) is 6.10 Å². The highest BCUT2D eigenvalue weighted by Gasteiger charge is 2.12. The van der Waals surface area contributed by atoms with E-state index in [1.807, 2.05) is 19.1 Å². The van der Waals surface area contributed by atoms with E-state index < -0.39 is 0 Å². The number of methoxy groups -OCH3 is 1. The molecule has 1 aromatic rings. The largest absolute Gasteiger partial charge is 0.496 e. The van der Waals surface area contributed by atoms with Crippen molar-refractivity contribution in [2.75, 3.05) is 13.7 Å². The molecule has 0 saturated heterocycles. The fourth-order valence-electron chi connectivity index (χ4n) is 1.23. The van der Waals surface area contributed by atoms with Gasteiger partial charge >= 0.3 is 0 Å². The van der Waals surface area contributed by atoms with Crippen molar-refractivity contribution in [3.63, 3.8) is 0 Å². The first kappa shape index (κ1) is 13.8. The minimum Gasteiger partial charge on any atom is -0.496 e. The summed E-state index contributed by atoms with van der Waals surface area (Å²) in [6, 6.07) is 3.74. The van der Waals surface area contributed by atoms with Crippen molar-refractivity contribution in [1.29, 1.82) is 0 Å². The van der Waals surface area contributed by atoms with Crippen LogP contribution in [-0.4, -0.2) is 19.8 Å². The standard InChI is InChI=1S/C11H15Br2NO2/c1-3-7(6-14)16-11-5-8(12)10(15-2)4-9(11)13/h4-5,7H,3,6,14H2,1-2H3. The van der Waals surface area contributed by atoms with Gasteiger partial charge in [0.2, 0.25) is 0 Å². The summed E-state index contributed by atoms with van der Waals surface area (Å²) in [6.07, 6.45) is 0.920. The van der Waals surface area contributed by atoms with E-state index in [4.69, 9.17) is 15.2 Å². The van der Waals surface area contributed by atoms with Gasteiger partial charge in [-0.2, -0.15) is 0 Å². The van der Waals surface area contributed by atoms with E-state index in [1.165, 1.54) is 0 Å². The quantitative estimate of drug-likeness (QED) is 0.883. The first-order chi connectivity index (χ1) is 7.62. The van der Waals surface area contributed by atoms with Gasteiger partial charge in [-0.15, -0.1) is 0 Å². The van der Waals surface area contributed by atoms with Crippen LogP contribution in [0.2, 0.25) is 0 Å². The van der Waals surface area contributed by atoms with E-state index in [0.717, 1.165) is 26.9 Å². The van der Waals surface area contributed by atoms with Crippen LogP contribution < -0.4 is 15.2 Å². The van der Waals surface area contributed by atoms with Gasteiger partial charge in [0.1, 0.15) is 17.6 Å². The van der Waals surface area contributed by atoms with Crippen LogP contribution in [0.25, 0.3) is 0 Å². The molecule has 0 bridgehead atoms. The van der Waals surface area contributed by atoms with Crippen LogP contribution >= 0.6 is 31.9 Å². The average molecular weight is 353 g/mol. The Labute approximate surface area is 113 Å². The molecule has 2 N–H and O–H groups in total. The van der Waals surface area contributed by atoms with E-state index in [2.05, 4.69) is 31.9 Å². The zero-order valence-electron chi connectivity index (χ0n) is 9.30. The third-order valence-electron chi connectivity index (χ3n) is 2.22. The van der Waals surface area contributed by atoms with Crippen molar-refractivity contribution in [3.8, 4) is 11.5 Å². The van der Waals surface area contributed by atoms with Crippen molar-refractivity contribution in [1.82, 2.24) is 0 Å². The molecule has 16 heavy (non-hydrogen) atoms. The lowest BCUT2D eigenvalue weighted by molar-refractivity contribution is 0.203. The molecule has 1 atom stereocenters. The lowest BCUT2D eigenvalue weighted by atomic mass is 10.2. The summed E-state index contributed by atoms with van der Waals surface area (Å²) < 4.78 is 12.7. The molecular formula is C11H15Br2NO2. The summed E-state index contributed by atoms with van der Waals surface area (Å²) in [5, 5.41) is 0. The summed E-state index contributed by atoms with van der Waals surface area (Å²) in [5.41, 5.74) is 5.60. The smallest absolute Gasteiger partial charge is 0.135 e. The molecule has 1 aromatic carbocycles. The molecule has 1 unspecified atom stereocenters. The number of hydrogen-bond acceptors (Lipinski definition) is 3. The Kier molecular flexibility index (Phi) is 5.58. The van der Waals surface area contributed by atoms with Gasteiger partial charge < -0.3 is 15.2 Å². The summed E-state index contributed by atoms with van der Waals surface area (Å²) >= 11 is 6.86. The van der Waals surface area contributed by atoms with Crippen molar-refractivity contribution in [3.05, 3.63) is 21.1 Å². The maximum absolute atomic E-state index is 5.77. The monoisotopic (exact) mass is 351 g/mol. The molecule has 5 heteroatoms. The molecular weight excluding hydrogens is 338 g/mol. The number of halogens is 2. The predicted octanol–water partition coefficient (Wildman–Crippen LogP) is 3.34. The van der Waals surface area contributed by atoms with Crippen LogP contribution in [0.4, 0.5) is 0 Å². The number of benzene rings is 1. The van der Waals surface area contributed by atoms with Gasteiger partial charge in [-0.25, -0.2) is 0 Å². The zero-order chi connectivity index (χ0) is 12.1. The number of nitrogens with two attached hydrogens (primary N) is 1. The van der Waals surface area contributed by atoms with Crippen LogP contribution in [0.1, 0.15) is 13.3 Å². The minimum absolute atomic E-state index is 0.0385. The summed E-state index contributed by atoms with van der Waals surface area (Å²) in [5.74, 6) is 1.53.